The third-order valence-electron chi connectivity index (χ3n) is 1.61. The molecule has 0 heterocycles. The van der Waals surface area contributed by atoms with E-state index in [-0.39, 0.29) is 4.75 Å². The van der Waals surface area contributed by atoms with Crippen molar-refractivity contribution in [3.8, 4) is 0 Å². The van der Waals surface area contributed by atoms with Gasteiger partial charge in [-0.3, -0.25) is 0 Å². The van der Waals surface area contributed by atoms with Crippen molar-refractivity contribution in [2.45, 2.75) is 38.5 Å². The van der Waals surface area contributed by atoms with Gasteiger partial charge < -0.3 is 15.8 Å². The van der Waals surface area contributed by atoms with Crippen LogP contribution in [-0.4, -0.2) is 36.4 Å². The topological polar surface area (TPSA) is 47.3 Å². The number of ether oxygens (including phenoxy) is 1. The Morgan fingerprint density at radius 2 is 2.07 bits per heavy atom. The monoisotopic (exact) mass is 252 g/mol. The van der Waals surface area contributed by atoms with Crippen LogP contribution in [0.4, 0.5) is 0 Å². The van der Waals surface area contributed by atoms with E-state index in [1.165, 1.54) is 0 Å². The van der Waals surface area contributed by atoms with Crippen LogP contribution in [0.3, 0.4) is 0 Å². The molecule has 0 rings (SSSR count). The number of nitrogens with two attached hydrogens (primary N) is 1. The number of rotatable bonds is 9. The fourth-order valence-corrected chi connectivity index (χ4v) is 3.02. The number of nitrogens with one attached hydrogen (secondary N) is 1. The summed E-state index contributed by atoms with van der Waals surface area (Å²) in [7, 11) is 3.61. The molecule has 92 valence electrons. The highest BCUT2D eigenvalue weighted by atomic mass is 33.1. The molecule has 0 unspecified atom stereocenters. The first-order valence-electron chi connectivity index (χ1n) is 5.30. The van der Waals surface area contributed by atoms with Gasteiger partial charge in [0.2, 0.25) is 0 Å². The van der Waals surface area contributed by atoms with Gasteiger partial charge in [-0.25, -0.2) is 0 Å². The van der Waals surface area contributed by atoms with Crippen LogP contribution in [0.25, 0.3) is 0 Å². The van der Waals surface area contributed by atoms with Gasteiger partial charge in [0.1, 0.15) is 5.94 Å². The van der Waals surface area contributed by atoms with Crippen LogP contribution in [0.15, 0.2) is 0 Å². The van der Waals surface area contributed by atoms with Gasteiger partial charge in [-0.2, -0.15) is 0 Å². The van der Waals surface area contributed by atoms with E-state index in [1.807, 2.05) is 10.8 Å². The van der Waals surface area contributed by atoms with Crippen LogP contribution in [-0.2, 0) is 4.74 Å². The Morgan fingerprint density at radius 3 is 2.60 bits per heavy atom. The lowest BCUT2D eigenvalue weighted by atomic mass is 10.2. The first kappa shape index (κ1) is 15.6. The van der Waals surface area contributed by atoms with Gasteiger partial charge in [0.15, 0.2) is 0 Å². The Bertz CT molecular complexity index is 154. The maximum atomic E-state index is 5.33. The molecule has 0 aromatic rings. The molecule has 0 bridgehead atoms. The minimum Gasteiger partial charge on any atom is -0.369 e. The van der Waals surface area contributed by atoms with E-state index >= 15 is 0 Å². The fourth-order valence-electron chi connectivity index (χ4n) is 0.839. The minimum atomic E-state index is 0.237. The Morgan fingerprint density at radius 1 is 1.40 bits per heavy atom. The molecule has 15 heavy (non-hydrogen) atoms. The van der Waals surface area contributed by atoms with Crippen LogP contribution < -0.4 is 11.1 Å². The Balaban J connectivity index is 3.46. The largest absolute Gasteiger partial charge is 0.369 e. The highest BCUT2D eigenvalue weighted by molar-refractivity contribution is 8.77. The highest BCUT2D eigenvalue weighted by Gasteiger charge is 2.18. The van der Waals surface area contributed by atoms with Crippen LogP contribution in [0.5, 0.6) is 0 Å². The summed E-state index contributed by atoms with van der Waals surface area (Å²) in [5.41, 5.74) is 5.33. The smallest absolute Gasteiger partial charge is 0.102 e. The second-order valence-corrected chi connectivity index (χ2v) is 7.26. The van der Waals surface area contributed by atoms with Crippen LogP contribution in [0, 0.1) is 0 Å². The van der Waals surface area contributed by atoms with E-state index in [9.17, 15) is 0 Å². The van der Waals surface area contributed by atoms with Gasteiger partial charge in [0, 0.05) is 23.9 Å². The summed E-state index contributed by atoms with van der Waals surface area (Å²) in [6.07, 6.45) is 0. The van der Waals surface area contributed by atoms with E-state index in [4.69, 9.17) is 10.5 Å². The Kier molecular flexibility index (Phi) is 9.04. The van der Waals surface area contributed by atoms with E-state index in [2.05, 4.69) is 33.0 Å². The predicted molar refractivity (Wildman–Crippen MR) is 72.3 cm³/mol. The van der Waals surface area contributed by atoms with Crippen LogP contribution in [0.1, 0.15) is 27.7 Å². The molecule has 0 spiro atoms. The zero-order valence-electron chi connectivity index (χ0n) is 10.2. The van der Waals surface area contributed by atoms with Gasteiger partial charge in [0.05, 0.1) is 6.61 Å². The van der Waals surface area contributed by atoms with Gasteiger partial charge in [-0.1, -0.05) is 35.4 Å². The van der Waals surface area contributed by atoms with Crippen LogP contribution >= 0.6 is 21.6 Å². The normalized spacial score (nSPS) is 12.4. The van der Waals surface area contributed by atoms with Crippen molar-refractivity contribution in [1.29, 1.82) is 0 Å². The molecule has 0 radical (unpaired) electrons. The zero-order chi connectivity index (χ0) is 11.7. The standard InChI is InChI=1S/C10H24N2OS2/c1-9(2)12-7-10(3,4)15-14-8-13-6-5-11/h9,12H,5-8,11H2,1-4H3. The Labute approximate surface area is 102 Å². The van der Waals surface area contributed by atoms with Crippen LogP contribution in [0.2, 0.25) is 0 Å². The first-order valence-corrected chi connectivity index (χ1v) is 7.61. The fraction of sp³-hybridized carbons (Fsp3) is 1.00. The molecule has 3 nitrogen and oxygen atoms in total. The summed E-state index contributed by atoms with van der Waals surface area (Å²) in [4.78, 5) is 0. The van der Waals surface area contributed by atoms with Gasteiger partial charge in [-0.05, 0) is 13.8 Å². The quantitative estimate of drug-likeness (QED) is 0.374. The molecule has 0 saturated heterocycles. The Hall–Kier alpha value is 0.580. The minimum absolute atomic E-state index is 0.237. The van der Waals surface area contributed by atoms with E-state index in [0.717, 1.165) is 6.54 Å². The van der Waals surface area contributed by atoms with Gasteiger partial charge >= 0.3 is 0 Å². The summed E-state index contributed by atoms with van der Waals surface area (Å²) >= 11 is 0. The van der Waals surface area contributed by atoms with Crippen molar-refractivity contribution in [2.75, 3.05) is 25.6 Å². The molecular formula is C10H24N2OS2. The highest BCUT2D eigenvalue weighted by Crippen LogP contribution is 2.35. The number of hydrogen-bond acceptors (Lipinski definition) is 5. The molecule has 0 aliphatic rings. The lowest BCUT2D eigenvalue weighted by Crippen LogP contribution is -2.35. The lowest BCUT2D eigenvalue weighted by Gasteiger charge is -2.24. The van der Waals surface area contributed by atoms with E-state index in [1.54, 1.807) is 10.8 Å². The van der Waals surface area contributed by atoms with Gasteiger partial charge in [-0.15, -0.1) is 0 Å². The second kappa shape index (κ2) is 8.70. The zero-order valence-corrected chi connectivity index (χ0v) is 11.8. The summed E-state index contributed by atoms with van der Waals surface area (Å²) in [5.74, 6) is 0.715. The molecular weight excluding hydrogens is 228 g/mol. The molecule has 5 heteroatoms. The first-order chi connectivity index (χ1) is 6.98. The molecule has 0 saturated carbocycles. The molecule has 0 atom stereocenters. The SMILES string of the molecule is CC(C)NCC(C)(C)SSCOCCN. The summed E-state index contributed by atoms with van der Waals surface area (Å²) in [6, 6.07) is 0.545. The lowest BCUT2D eigenvalue weighted by molar-refractivity contribution is 0.192. The summed E-state index contributed by atoms with van der Waals surface area (Å²) < 4.78 is 5.54. The van der Waals surface area contributed by atoms with Crippen molar-refractivity contribution >= 4 is 21.6 Å². The third kappa shape index (κ3) is 10.9. The third-order valence-corrected chi connectivity index (χ3v) is 4.59. The molecule has 0 aromatic carbocycles. The van der Waals surface area contributed by atoms with E-state index in [0.29, 0.717) is 25.1 Å². The van der Waals surface area contributed by atoms with E-state index < -0.39 is 0 Å². The molecule has 3 N–H and O–H groups in total. The molecule has 0 aliphatic heterocycles. The summed E-state index contributed by atoms with van der Waals surface area (Å²) in [5, 5.41) is 3.44. The maximum absolute atomic E-state index is 5.33. The number of hydrogen-bond donors (Lipinski definition) is 2. The van der Waals surface area contributed by atoms with Gasteiger partial charge in [0.25, 0.3) is 0 Å². The summed E-state index contributed by atoms with van der Waals surface area (Å²) in [6.45, 7) is 11.1. The molecule has 0 amide bonds. The molecule has 0 fully saturated rings. The average molecular weight is 252 g/mol. The maximum Gasteiger partial charge on any atom is 0.102 e. The van der Waals surface area contributed by atoms with Crippen molar-refractivity contribution < 1.29 is 4.74 Å². The predicted octanol–water partition coefficient (Wildman–Crippen LogP) is 2.08. The van der Waals surface area contributed by atoms with Crippen molar-refractivity contribution in [1.82, 2.24) is 5.32 Å². The van der Waals surface area contributed by atoms with Crippen molar-refractivity contribution in [2.24, 2.45) is 5.73 Å². The molecule has 0 aromatic heterocycles. The van der Waals surface area contributed by atoms with Crippen molar-refractivity contribution in [3.63, 3.8) is 0 Å². The molecule has 0 aliphatic carbocycles. The second-order valence-electron chi connectivity index (χ2n) is 4.31. The average Bonchev–Trinajstić information content (AvgIpc) is 2.15. The van der Waals surface area contributed by atoms with Crippen molar-refractivity contribution in [3.05, 3.63) is 0 Å².